The third kappa shape index (κ3) is 4.72. The van der Waals surface area contributed by atoms with Crippen molar-refractivity contribution in [3.63, 3.8) is 0 Å². The fourth-order valence-electron chi connectivity index (χ4n) is 3.96. The predicted octanol–water partition coefficient (Wildman–Crippen LogP) is 5.33. The van der Waals surface area contributed by atoms with Gasteiger partial charge >= 0.3 is 0 Å². The van der Waals surface area contributed by atoms with Crippen molar-refractivity contribution < 1.29 is 13.6 Å². The molecule has 6 nitrogen and oxygen atoms in total. The summed E-state index contributed by atoms with van der Waals surface area (Å²) in [6.45, 7) is 0.526. The fourth-order valence-corrected chi connectivity index (χ4v) is 3.96. The Morgan fingerprint density at radius 2 is 1.74 bits per heavy atom. The number of nitrogens with two attached hydrogens (primary N) is 1. The van der Waals surface area contributed by atoms with E-state index in [1.165, 1.54) is 12.1 Å². The number of carbonyl (C=O) groups is 1. The fraction of sp³-hybridized carbons (Fsp3) is 0.0741. The van der Waals surface area contributed by atoms with Crippen LogP contribution in [0.4, 0.5) is 14.6 Å². The summed E-state index contributed by atoms with van der Waals surface area (Å²) in [5.41, 5.74) is 9.20. The minimum Gasteiger partial charge on any atom is -0.382 e. The molecule has 0 atom stereocenters. The van der Waals surface area contributed by atoms with Gasteiger partial charge in [-0.25, -0.2) is 8.78 Å². The second-order valence-corrected chi connectivity index (χ2v) is 8.15. The molecule has 0 radical (unpaired) electrons. The molecule has 0 bridgehead atoms. The molecule has 0 unspecified atom stereocenters. The van der Waals surface area contributed by atoms with Crippen LogP contribution in [0.15, 0.2) is 84.9 Å². The lowest BCUT2D eigenvalue weighted by atomic mass is 10.1. The average Bonchev–Trinajstić information content (AvgIpc) is 3.24. The number of H-pyrrole nitrogens is 1. The van der Waals surface area contributed by atoms with E-state index in [0.717, 1.165) is 17.1 Å². The molecule has 8 heteroatoms. The first kappa shape index (κ1) is 22.2. The molecular weight excluding hydrogens is 448 g/mol. The van der Waals surface area contributed by atoms with Crippen LogP contribution in [0.25, 0.3) is 22.2 Å². The number of pyridine rings is 1. The van der Waals surface area contributed by atoms with Gasteiger partial charge in [0.05, 0.1) is 23.4 Å². The van der Waals surface area contributed by atoms with Crippen molar-refractivity contribution in [2.45, 2.75) is 13.1 Å². The van der Waals surface area contributed by atoms with E-state index in [9.17, 15) is 13.6 Å². The van der Waals surface area contributed by atoms with Gasteiger partial charge in [-0.2, -0.15) is 5.10 Å². The molecule has 5 aromatic rings. The van der Waals surface area contributed by atoms with Crippen LogP contribution in [0.5, 0.6) is 0 Å². The number of nitrogen functional groups attached to an aromatic ring is 1. The lowest BCUT2D eigenvalue weighted by Crippen LogP contribution is -2.30. The van der Waals surface area contributed by atoms with Gasteiger partial charge in [0.1, 0.15) is 11.6 Å². The Morgan fingerprint density at radius 3 is 2.54 bits per heavy atom. The molecule has 35 heavy (non-hydrogen) atoms. The van der Waals surface area contributed by atoms with E-state index in [0.29, 0.717) is 34.7 Å². The highest BCUT2D eigenvalue weighted by atomic mass is 19.1. The van der Waals surface area contributed by atoms with E-state index in [-0.39, 0.29) is 18.0 Å². The summed E-state index contributed by atoms with van der Waals surface area (Å²) in [5.74, 6) is -1.24. The number of nitrogens with one attached hydrogen (secondary N) is 1. The molecule has 0 saturated carbocycles. The van der Waals surface area contributed by atoms with Gasteiger partial charge in [0.25, 0.3) is 5.91 Å². The highest BCUT2D eigenvalue weighted by Gasteiger charge is 2.19. The highest BCUT2D eigenvalue weighted by Crippen LogP contribution is 2.24. The quantitative estimate of drug-likeness (QED) is 0.352. The molecule has 1 amide bonds. The molecule has 0 aliphatic rings. The molecule has 3 aromatic carbocycles. The number of hydrogen-bond acceptors (Lipinski definition) is 4. The maximum absolute atomic E-state index is 14.3. The van der Waals surface area contributed by atoms with Gasteiger partial charge in [0.15, 0.2) is 5.82 Å². The van der Waals surface area contributed by atoms with E-state index in [2.05, 4.69) is 15.2 Å². The van der Waals surface area contributed by atoms with Crippen LogP contribution in [0.3, 0.4) is 0 Å². The van der Waals surface area contributed by atoms with Crippen molar-refractivity contribution in [1.29, 1.82) is 0 Å². The van der Waals surface area contributed by atoms with Crippen molar-refractivity contribution in [3.05, 3.63) is 113 Å². The smallest absolute Gasteiger partial charge is 0.254 e. The molecule has 3 N–H and O–H groups in total. The van der Waals surface area contributed by atoms with Crippen LogP contribution >= 0.6 is 0 Å². The van der Waals surface area contributed by atoms with Crippen LogP contribution < -0.4 is 5.73 Å². The Morgan fingerprint density at radius 1 is 0.914 bits per heavy atom. The molecule has 0 aliphatic heterocycles. The normalized spacial score (nSPS) is 11.0. The van der Waals surface area contributed by atoms with Crippen LogP contribution in [0, 0.1) is 11.6 Å². The Kier molecular flexibility index (Phi) is 5.93. The summed E-state index contributed by atoms with van der Waals surface area (Å²) < 4.78 is 27.7. The van der Waals surface area contributed by atoms with Gasteiger partial charge in [0, 0.05) is 29.1 Å². The number of aromatic amines is 1. The van der Waals surface area contributed by atoms with E-state index in [1.807, 2.05) is 30.3 Å². The van der Waals surface area contributed by atoms with Gasteiger partial charge in [-0.05, 0) is 48.0 Å². The number of amides is 1. The summed E-state index contributed by atoms with van der Waals surface area (Å²) in [5, 5.41) is 7.49. The molecular formula is C27H21F2N5O. The summed E-state index contributed by atoms with van der Waals surface area (Å²) in [7, 11) is 0. The maximum Gasteiger partial charge on any atom is 0.254 e. The average molecular weight is 469 g/mol. The molecule has 0 aliphatic carbocycles. The minimum atomic E-state index is -0.696. The van der Waals surface area contributed by atoms with E-state index < -0.39 is 11.6 Å². The van der Waals surface area contributed by atoms with E-state index >= 15 is 0 Å². The Balaban J connectivity index is 1.48. The third-order valence-electron chi connectivity index (χ3n) is 5.71. The van der Waals surface area contributed by atoms with Gasteiger partial charge in [-0.15, -0.1) is 0 Å². The zero-order valence-corrected chi connectivity index (χ0v) is 18.6. The largest absolute Gasteiger partial charge is 0.382 e. The zero-order valence-electron chi connectivity index (χ0n) is 18.6. The van der Waals surface area contributed by atoms with Crippen LogP contribution in [0.1, 0.15) is 21.6 Å². The van der Waals surface area contributed by atoms with Gasteiger partial charge < -0.3 is 10.6 Å². The summed E-state index contributed by atoms with van der Waals surface area (Å²) >= 11 is 0. The van der Waals surface area contributed by atoms with Crippen LogP contribution in [-0.2, 0) is 13.1 Å². The monoisotopic (exact) mass is 469 g/mol. The molecule has 2 heterocycles. The molecule has 0 fully saturated rings. The first-order valence-corrected chi connectivity index (χ1v) is 11.0. The number of anilines is 1. The number of carbonyl (C=O) groups excluding carboxylic acids is 1. The van der Waals surface area contributed by atoms with Crippen molar-refractivity contribution in [2.24, 2.45) is 0 Å². The summed E-state index contributed by atoms with van der Waals surface area (Å²) in [6, 6.07) is 23.3. The molecule has 174 valence electrons. The minimum absolute atomic E-state index is 0.184. The molecule has 2 aromatic heterocycles. The van der Waals surface area contributed by atoms with Crippen LogP contribution in [0.2, 0.25) is 0 Å². The maximum atomic E-state index is 14.3. The Labute approximate surface area is 200 Å². The Hall–Kier alpha value is -4.59. The first-order chi connectivity index (χ1) is 17.0. The van der Waals surface area contributed by atoms with Crippen molar-refractivity contribution >= 4 is 22.6 Å². The van der Waals surface area contributed by atoms with Gasteiger partial charge in [0.2, 0.25) is 0 Å². The van der Waals surface area contributed by atoms with Gasteiger partial charge in [-0.3, -0.25) is 14.9 Å². The van der Waals surface area contributed by atoms with Crippen molar-refractivity contribution in [1.82, 2.24) is 20.1 Å². The molecule has 0 saturated heterocycles. The van der Waals surface area contributed by atoms with Gasteiger partial charge in [-0.1, -0.05) is 36.4 Å². The SMILES string of the molecule is Nc1n[nH]c2ccc(C(=O)N(Cc3ccccc3)Cc3cccc(-c4ccc(F)cc4F)n3)cc12. The second-order valence-electron chi connectivity index (χ2n) is 8.15. The zero-order chi connectivity index (χ0) is 24.4. The number of halogens is 2. The van der Waals surface area contributed by atoms with Crippen molar-refractivity contribution in [3.8, 4) is 11.3 Å². The topological polar surface area (TPSA) is 87.9 Å². The standard InChI is InChI=1S/C27H21F2N5O/c28-19-10-11-21(23(29)14-19)24-8-4-7-20(31-24)16-34(15-17-5-2-1-3-6-17)27(35)18-9-12-25-22(13-18)26(30)33-32-25/h1-14H,15-16H2,(H3,30,32,33). The highest BCUT2D eigenvalue weighted by molar-refractivity contribution is 6.00. The second kappa shape index (κ2) is 9.34. The number of nitrogens with zero attached hydrogens (tertiary/aromatic N) is 3. The third-order valence-corrected chi connectivity index (χ3v) is 5.71. The lowest BCUT2D eigenvalue weighted by Gasteiger charge is -2.23. The number of aromatic nitrogens is 3. The van der Waals surface area contributed by atoms with E-state index in [1.54, 1.807) is 41.3 Å². The van der Waals surface area contributed by atoms with Crippen molar-refractivity contribution in [2.75, 3.05) is 5.73 Å². The summed E-state index contributed by atoms with van der Waals surface area (Å²) in [6.07, 6.45) is 0. The molecule has 5 rings (SSSR count). The van der Waals surface area contributed by atoms with Crippen LogP contribution in [-0.4, -0.2) is 26.0 Å². The lowest BCUT2D eigenvalue weighted by molar-refractivity contribution is 0.0728. The number of fused-ring (bicyclic) bond motifs is 1. The first-order valence-electron chi connectivity index (χ1n) is 11.0. The Bertz CT molecular complexity index is 1520. The number of benzene rings is 3. The number of rotatable bonds is 6. The van der Waals surface area contributed by atoms with E-state index in [4.69, 9.17) is 5.73 Å². The summed E-state index contributed by atoms with van der Waals surface area (Å²) in [4.78, 5) is 19.8. The number of hydrogen-bond donors (Lipinski definition) is 2. The molecule has 0 spiro atoms. The predicted molar refractivity (Wildman–Crippen MR) is 130 cm³/mol.